The molecule has 4 N–H and O–H groups in total. The van der Waals surface area contributed by atoms with Gasteiger partial charge < -0.3 is 10.8 Å². The molecule has 0 aliphatic carbocycles. The number of anilines is 1. The van der Waals surface area contributed by atoms with Crippen LogP contribution in [0, 0.1) is 0 Å². The number of nitrogens with two attached hydrogens (primary N) is 1. The Bertz CT molecular complexity index is 431. The Labute approximate surface area is 93.0 Å². The lowest BCUT2D eigenvalue weighted by molar-refractivity contribution is 0.0857. The quantitative estimate of drug-likeness (QED) is 0.720. The molecule has 86 valence electrons. The topological polar surface area (TPSA) is 92.4 Å². The van der Waals surface area contributed by atoms with Crippen LogP contribution in [0.1, 0.15) is 13.8 Å². The molecule has 0 fully saturated rings. The molecule has 0 aromatic carbocycles. The number of nitrogens with one attached hydrogen (secondary N) is 1. The van der Waals surface area contributed by atoms with Crippen molar-refractivity contribution in [3.8, 4) is 0 Å². The molecule has 0 atom stereocenters. The Morgan fingerprint density at radius 2 is 2.20 bits per heavy atom. The fourth-order valence-corrected chi connectivity index (χ4v) is 3.14. The number of hydrogen-bond acceptors (Lipinski definition) is 5. The highest BCUT2D eigenvalue weighted by molar-refractivity contribution is 7.91. The van der Waals surface area contributed by atoms with Gasteiger partial charge >= 0.3 is 0 Å². The second kappa shape index (κ2) is 4.09. The molecule has 0 aliphatic heterocycles. The zero-order valence-electron chi connectivity index (χ0n) is 8.52. The minimum absolute atomic E-state index is 0.0346. The lowest BCUT2D eigenvalue weighted by atomic mass is 10.1. The molecule has 1 aromatic heterocycles. The van der Waals surface area contributed by atoms with Crippen LogP contribution in [-0.2, 0) is 10.0 Å². The molecule has 0 bridgehead atoms. The number of thiophene rings is 1. The van der Waals surface area contributed by atoms with Gasteiger partial charge in [0.2, 0.25) is 10.0 Å². The van der Waals surface area contributed by atoms with E-state index in [1.54, 1.807) is 5.38 Å². The first kappa shape index (κ1) is 12.4. The number of rotatable bonds is 4. The van der Waals surface area contributed by atoms with Gasteiger partial charge in [0.1, 0.15) is 4.21 Å². The molecule has 0 radical (unpaired) electrons. The van der Waals surface area contributed by atoms with Gasteiger partial charge in [-0.2, -0.15) is 0 Å². The minimum Gasteiger partial charge on any atom is -0.398 e. The van der Waals surface area contributed by atoms with E-state index in [4.69, 9.17) is 5.73 Å². The molecule has 0 aliphatic rings. The van der Waals surface area contributed by atoms with Crippen LogP contribution < -0.4 is 10.5 Å². The van der Waals surface area contributed by atoms with E-state index in [0.717, 1.165) is 11.3 Å². The Morgan fingerprint density at radius 3 is 2.60 bits per heavy atom. The summed E-state index contributed by atoms with van der Waals surface area (Å²) in [6.07, 6.45) is 0. The first-order chi connectivity index (χ1) is 6.71. The number of hydrogen-bond donors (Lipinski definition) is 3. The Morgan fingerprint density at radius 1 is 1.60 bits per heavy atom. The standard InChI is InChI=1S/C8H14N2O3S2/c1-8(2,11)5-10-15(12,13)7-3-6(9)4-14-7/h3-4,10-11H,5,9H2,1-2H3. The van der Waals surface area contributed by atoms with Gasteiger partial charge in [-0.05, 0) is 19.9 Å². The molecule has 1 rings (SSSR count). The van der Waals surface area contributed by atoms with Gasteiger partial charge in [-0.1, -0.05) is 0 Å². The average Bonchev–Trinajstić information content (AvgIpc) is 2.48. The molecule has 1 heterocycles. The van der Waals surface area contributed by atoms with Crippen molar-refractivity contribution in [2.45, 2.75) is 23.7 Å². The molecule has 1 aromatic rings. The fraction of sp³-hybridized carbons (Fsp3) is 0.500. The summed E-state index contributed by atoms with van der Waals surface area (Å²) >= 11 is 1.05. The van der Waals surface area contributed by atoms with E-state index in [1.807, 2.05) is 0 Å². The SMILES string of the molecule is CC(C)(O)CNS(=O)(=O)c1cc(N)cs1. The Balaban J connectivity index is 2.77. The van der Waals surface area contributed by atoms with Crippen LogP contribution in [0.2, 0.25) is 0 Å². The van der Waals surface area contributed by atoms with Crippen molar-refractivity contribution in [3.63, 3.8) is 0 Å². The molecule has 5 nitrogen and oxygen atoms in total. The lowest BCUT2D eigenvalue weighted by Crippen LogP contribution is -2.37. The van der Waals surface area contributed by atoms with Gasteiger partial charge in [-0.3, -0.25) is 0 Å². The van der Waals surface area contributed by atoms with Crippen molar-refractivity contribution in [3.05, 3.63) is 11.4 Å². The van der Waals surface area contributed by atoms with Gasteiger partial charge in [-0.15, -0.1) is 11.3 Å². The first-order valence-corrected chi connectivity index (χ1v) is 6.63. The number of sulfonamides is 1. The number of nitrogen functional groups attached to an aromatic ring is 1. The van der Waals surface area contributed by atoms with Crippen LogP contribution in [-0.4, -0.2) is 25.7 Å². The molecule has 0 spiro atoms. The van der Waals surface area contributed by atoms with Crippen LogP contribution in [0.4, 0.5) is 5.69 Å². The lowest BCUT2D eigenvalue weighted by Gasteiger charge is -2.17. The van der Waals surface area contributed by atoms with Crippen LogP contribution in [0.5, 0.6) is 0 Å². The summed E-state index contributed by atoms with van der Waals surface area (Å²) in [6, 6.07) is 1.39. The third-order valence-electron chi connectivity index (χ3n) is 1.56. The van der Waals surface area contributed by atoms with E-state index in [9.17, 15) is 13.5 Å². The van der Waals surface area contributed by atoms with Crippen molar-refractivity contribution in [2.75, 3.05) is 12.3 Å². The van der Waals surface area contributed by atoms with Crippen molar-refractivity contribution in [1.82, 2.24) is 4.72 Å². The summed E-state index contributed by atoms with van der Waals surface area (Å²) in [5.74, 6) is 0. The van der Waals surface area contributed by atoms with Crippen molar-refractivity contribution < 1.29 is 13.5 Å². The monoisotopic (exact) mass is 250 g/mol. The third-order valence-corrected chi connectivity index (χ3v) is 4.41. The normalized spacial score (nSPS) is 13.0. The van der Waals surface area contributed by atoms with Crippen molar-refractivity contribution in [1.29, 1.82) is 0 Å². The predicted octanol–water partition coefficient (Wildman–Crippen LogP) is 0.379. The summed E-state index contributed by atoms with van der Waals surface area (Å²) in [5, 5.41) is 10.9. The van der Waals surface area contributed by atoms with Crippen LogP contribution in [0.15, 0.2) is 15.7 Å². The van der Waals surface area contributed by atoms with E-state index < -0.39 is 15.6 Å². The zero-order valence-corrected chi connectivity index (χ0v) is 10.2. The molecule has 7 heteroatoms. The molecule has 0 saturated heterocycles. The molecule has 0 saturated carbocycles. The highest BCUT2D eigenvalue weighted by Crippen LogP contribution is 2.21. The van der Waals surface area contributed by atoms with Gasteiger partial charge in [0.25, 0.3) is 0 Å². The highest BCUT2D eigenvalue weighted by atomic mass is 32.2. The molecular formula is C8H14N2O3S2. The third kappa shape index (κ3) is 3.78. The summed E-state index contributed by atoms with van der Waals surface area (Å²) < 4.78 is 25.7. The Kier molecular flexibility index (Phi) is 3.39. The van der Waals surface area contributed by atoms with E-state index in [2.05, 4.69) is 4.72 Å². The second-order valence-electron chi connectivity index (χ2n) is 3.84. The van der Waals surface area contributed by atoms with E-state index in [-0.39, 0.29) is 10.8 Å². The average molecular weight is 250 g/mol. The van der Waals surface area contributed by atoms with Crippen molar-refractivity contribution in [2.24, 2.45) is 0 Å². The van der Waals surface area contributed by atoms with E-state index in [1.165, 1.54) is 19.9 Å². The largest absolute Gasteiger partial charge is 0.398 e. The zero-order chi connectivity index (χ0) is 11.7. The smallest absolute Gasteiger partial charge is 0.250 e. The summed E-state index contributed by atoms with van der Waals surface area (Å²) in [6.45, 7) is 3.02. The maximum Gasteiger partial charge on any atom is 0.250 e. The van der Waals surface area contributed by atoms with Gasteiger partial charge in [0.15, 0.2) is 0 Å². The summed E-state index contributed by atoms with van der Waals surface area (Å²) in [4.78, 5) is 0. The van der Waals surface area contributed by atoms with Gasteiger partial charge in [0, 0.05) is 17.6 Å². The predicted molar refractivity (Wildman–Crippen MR) is 60.2 cm³/mol. The maximum atomic E-state index is 11.6. The fourth-order valence-electron chi connectivity index (χ4n) is 0.814. The van der Waals surface area contributed by atoms with Crippen molar-refractivity contribution >= 4 is 27.0 Å². The van der Waals surface area contributed by atoms with Gasteiger partial charge in [0.05, 0.1) is 5.60 Å². The van der Waals surface area contributed by atoms with Gasteiger partial charge in [-0.25, -0.2) is 13.1 Å². The van der Waals surface area contributed by atoms with Crippen LogP contribution >= 0.6 is 11.3 Å². The Hall–Kier alpha value is -0.630. The number of aliphatic hydroxyl groups is 1. The summed E-state index contributed by atoms with van der Waals surface area (Å²) in [5.41, 5.74) is 4.77. The molecule has 0 amide bonds. The van der Waals surface area contributed by atoms with E-state index in [0.29, 0.717) is 5.69 Å². The molecule has 15 heavy (non-hydrogen) atoms. The van der Waals surface area contributed by atoms with Crippen LogP contribution in [0.25, 0.3) is 0 Å². The van der Waals surface area contributed by atoms with E-state index >= 15 is 0 Å². The first-order valence-electron chi connectivity index (χ1n) is 4.27. The minimum atomic E-state index is -3.54. The summed E-state index contributed by atoms with van der Waals surface area (Å²) in [7, 11) is -3.54. The van der Waals surface area contributed by atoms with Crippen LogP contribution in [0.3, 0.4) is 0 Å². The maximum absolute atomic E-state index is 11.6. The second-order valence-corrected chi connectivity index (χ2v) is 6.74. The molecular weight excluding hydrogens is 236 g/mol. The highest BCUT2D eigenvalue weighted by Gasteiger charge is 2.20. The molecule has 0 unspecified atom stereocenters.